The number of aromatic nitrogens is 1. The van der Waals surface area contributed by atoms with Gasteiger partial charge in [0.05, 0.1) is 19.8 Å². The predicted molar refractivity (Wildman–Crippen MR) is 69.7 cm³/mol. The number of hydrogen-bond acceptors (Lipinski definition) is 4. The fourth-order valence-electron chi connectivity index (χ4n) is 1.74. The van der Waals surface area contributed by atoms with E-state index in [0.717, 1.165) is 0 Å². The van der Waals surface area contributed by atoms with Gasteiger partial charge in [-0.15, -0.1) is 0 Å². The first-order chi connectivity index (χ1) is 9.15. The van der Waals surface area contributed by atoms with Crippen LogP contribution in [0.15, 0.2) is 36.5 Å². The number of methoxy groups -OCH3 is 2. The lowest BCUT2D eigenvalue weighted by molar-refractivity contribution is 0.0697. The molecule has 0 radical (unpaired) electrons. The van der Waals surface area contributed by atoms with Crippen molar-refractivity contribution in [2.45, 2.75) is 0 Å². The zero-order valence-corrected chi connectivity index (χ0v) is 10.6. The van der Waals surface area contributed by atoms with Crippen molar-refractivity contribution in [3.63, 3.8) is 0 Å². The highest BCUT2D eigenvalue weighted by atomic mass is 16.5. The van der Waals surface area contributed by atoms with E-state index in [9.17, 15) is 9.90 Å². The molecule has 1 heterocycles. The van der Waals surface area contributed by atoms with E-state index in [1.807, 2.05) is 0 Å². The van der Waals surface area contributed by atoms with Gasteiger partial charge in [0, 0.05) is 23.4 Å². The van der Waals surface area contributed by atoms with Gasteiger partial charge in [0.2, 0.25) is 5.88 Å². The molecule has 5 heteroatoms. The molecule has 0 fully saturated rings. The van der Waals surface area contributed by atoms with Crippen molar-refractivity contribution in [2.75, 3.05) is 14.2 Å². The number of carboxylic acids is 1. The van der Waals surface area contributed by atoms with Gasteiger partial charge in [0.15, 0.2) is 0 Å². The third-order valence-corrected chi connectivity index (χ3v) is 2.71. The van der Waals surface area contributed by atoms with E-state index in [1.54, 1.807) is 30.5 Å². The quantitative estimate of drug-likeness (QED) is 0.913. The molecule has 98 valence electrons. The topological polar surface area (TPSA) is 68.7 Å². The minimum Gasteiger partial charge on any atom is -0.497 e. The van der Waals surface area contributed by atoms with Crippen LogP contribution in [0, 0.1) is 0 Å². The first-order valence-corrected chi connectivity index (χ1v) is 5.57. The third kappa shape index (κ3) is 2.65. The van der Waals surface area contributed by atoms with E-state index in [0.29, 0.717) is 22.8 Å². The molecule has 5 nitrogen and oxygen atoms in total. The Balaban J connectivity index is 2.54. The molecular weight excluding hydrogens is 246 g/mol. The summed E-state index contributed by atoms with van der Waals surface area (Å²) in [5, 5.41) is 9.21. The van der Waals surface area contributed by atoms with E-state index < -0.39 is 5.97 Å². The van der Waals surface area contributed by atoms with Crippen molar-refractivity contribution >= 4 is 5.97 Å². The van der Waals surface area contributed by atoms with Crippen LogP contribution in [0.3, 0.4) is 0 Å². The molecule has 19 heavy (non-hydrogen) atoms. The summed E-state index contributed by atoms with van der Waals surface area (Å²) in [5.41, 5.74) is 1.45. The van der Waals surface area contributed by atoms with Crippen LogP contribution < -0.4 is 9.47 Å². The van der Waals surface area contributed by atoms with Crippen LogP contribution in [0.25, 0.3) is 11.1 Å². The number of pyridine rings is 1. The second-order valence-electron chi connectivity index (χ2n) is 3.81. The van der Waals surface area contributed by atoms with E-state index in [2.05, 4.69) is 4.98 Å². The molecule has 0 saturated heterocycles. The fraction of sp³-hybridized carbons (Fsp3) is 0.143. The number of benzene rings is 1. The van der Waals surface area contributed by atoms with Gasteiger partial charge in [-0.25, -0.2) is 9.78 Å². The molecule has 1 N–H and O–H groups in total. The average Bonchev–Trinajstić information content (AvgIpc) is 2.46. The van der Waals surface area contributed by atoms with E-state index in [4.69, 9.17) is 9.47 Å². The van der Waals surface area contributed by atoms with Crippen LogP contribution in [0.4, 0.5) is 0 Å². The molecule has 1 aromatic carbocycles. The lowest BCUT2D eigenvalue weighted by Gasteiger charge is -2.09. The van der Waals surface area contributed by atoms with Crippen LogP contribution in [-0.4, -0.2) is 30.3 Å². The van der Waals surface area contributed by atoms with Crippen LogP contribution in [0.1, 0.15) is 10.4 Å². The Morgan fingerprint density at radius 3 is 2.47 bits per heavy atom. The van der Waals surface area contributed by atoms with Crippen molar-refractivity contribution in [3.8, 4) is 22.8 Å². The lowest BCUT2D eigenvalue weighted by atomic mass is 10.0. The number of ether oxygens (including phenoxy) is 2. The minimum atomic E-state index is -0.992. The number of nitrogens with zero attached hydrogens (tertiary/aromatic N) is 1. The second-order valence-corrected chi connectivity index (χ2v) is 3.81. The standard InChI is InChI=1S/C14H13NO4/c1-18-10-4-5-11(14(16)17)12(7-10)9-3-6-13(19-2)15-8-9/h3-8H,1-2H3,(H,16,17). The monoisotopic (exact) mass is 259 g/mol. The van der Waals surface area contributed by atoms with Gasteiger partial charge in [-0.2, -0.15) is 0 Å². The Morgan fingerprint density at radius 1 is 1.16 bits per heavy atom. The second kappa shape index (κ2) is 5.39. The summed E-state index contributed by atoms with van der Waals surface area (Å²) in [6, 6.07) is 8.24. The molecule has 0 bridgehead atoms. The SMILES string of the molecule is COc1ccc(C(=O)O)c(-c2ccc(OC)nc2)c1. The molecule has 0 aliphatic carbocycles. The maximum Gasteiger partial charge on any atom is 0.336 e. The molecule has 2 aromatic rings. The van der Waals surface area contributed by atoms with Crippen molar-refractivity contribution in [3.05, 3.63) is 42.1 Å². The largest absolute Gasteiger partial charge is 0.497 e. The summed E-state index contributed by atoms with van der Waals surface area (Å²) >= 11 is 0. The van der Waals surface area contributed by atoms with E-state index in [-0.39, 0.29) is 5.56 Å². The zero-order valence-electron chi connectivity index (χ0n) is 10.6. The Bertz CT molecular complexity index is 593. The lowest BCUT2D eigenvalue weighted by Crippen LogP contribution is -2.00. The van der Waals surface area contributed by atoms with E-state index >= 15 is 0 Å². The molecule has 0 aliphatic heterocycles. The van der Waals surface area contributed by atoms with Crippen LogP contribution >= 0.6 is 0 Å². The molecule has 0 amide bonds. The van der Waals surface area contributed by atoms with Gasteiger partial charge < -0.3 is 14.6 Å². The van der Waals surface area contributed by atoms with Gasteiger partial charge in [-0.1, -0.05) is 0 Å². The average molecular weight is 259 g/mol. The normalized spacial score (nSPS) is 10.0. The molecule has 2 rings (SSSR count). The number of hydrogen-bond donors (Lipinski definition) is 1. The highest BCUT2D eigenvalue weighted by Crippen LogP contribution is 2.28. The minimum absolute atomic E-state index is 0.202. The van der Waals surface area contributed by atoms with Gasteiger partial charge in [0.1, 0.15) is 5.75 Å². The Morgan fingerprint density at radius 2 is 1.95 bits per heavy atom. The highest BCUT2D eigenvalue weighted by Gasteiger charge is 2.13. The maximum absolute atomic E-state index is 11.2. The predicted octanol–water partition coefficient (Wildman–Crippen LogP) is 2.46. The maximum atomic E-state index is 11.2. The number of carboxylic acid groups (broad SMARTS) is 1. The molecule has 0 aliphatic rings. The Hall–Kier alpha value is -2.56. The van der Waals surface area contributed by atoms with Crippen LogP contribution in [-0.2, 0) is 0 Å². The van der Waals surface area contributed by atoms with Gasteiger partial charge in [-0.05, 0) is 24.3 Å². The molecule has 0 atom stereocenters. The van der Waals surface area contributed by atoms with E-state index in [1.165, 1.54) is 20.3 Å². The first-order valence-electron chi connectivity index (χ1n) is 5.57. The zero-order chi connectivity index (χ0) is 13.8. The van der Waals surface area contributed by atoms with Gasteiger partial charge >= 0.3 is 5.97 Å². The summed E-state index contributed by atoms with van der Waals surface area (Å²) in [5.74, 6) is 0.0767. The summed E-state index contributed by atoms with van der Waals surface area (Å²) in [4.78, 5) is 15.3. The van der Waals surface area contributed by atoms with Crippen molar-refractivity contribution in [2.24, 2.45) is 0 Å². The first kappa shape index (κ1) is 12.9. The van der Waals surface area contributed by atoms with Gasteiger partial charge in [-0.3, -0.25) is 0 Å². The summed E-state index contributed by atoms with van der Waals surface area (Å²) in [7, 11) is 3.06. The van der Waals surface area contributed by atoms with Crippen LogP contribution in [0.2, 0.25) is 0 Å². The molecular formula is C14H13NO4. The number of rotatable bonds is 4. The summed E-state index contributed by atoms with van der Waals surface area (Å²) in [6.07, 6.45) is 1.57. The third-order valence-electron chi connectivity index (χ3n) is 2.71. The molecule has 0 saturated carbocycles. The number of aromatic carboxylic acids is 1. The number of carbonyl (C=O) groups is 1. The smallest absolute Gasteiger partial charge is 0.336 e. The fourth-order valence-corrected chi connectivity index (χ4v) is 1.74. The summed E-state index contributed by atoms with van der Waals surface area (Å²) in [6.45, 7) is 0. The van der Waals surface area contributed by atoms with Crippen molar-refractivity contribution in [1.82, 2.24) is 4.98 Å². The van der Waals surface area contributed by atoms with Crippen molar-refractivity contribution in [1.29, 1.82) is 0 Å². The van der Waals surface area contributed by atoms with Crippen LogP contribution in [0.5, 0.6) is 11.6 Å². The summed E-state index contributed by atoms with van der Waals surface area (Å²) < 4.78 is 10.1. The molecule has 0 unspecified atom stereocenters. The highest BCUT2D eigenvalue weighted by molar-refractivity contribution is 5.96. The Labute approximate surface area is 110 Å². The molecule has 0 spiro atoms. The molecule has 1 aromatic heterocycles. The van der Waals surface area contributed by atoms with Gasteiger partial charge in [0.25, 0.3) is 0 Å². The van der Waals surface area contributed by atoms with Crippen molar-refractivity contribution < 1.29 is 19.4 Å². The Kier molecular flexibility index (Phi) is 3.66.